The van der Waals surface area contributed by atoms with E-state index < -0.39 is 4.92 Å². The zero-order chi connectivity index (χ0) is 18.5. The van der Waals surface area contributed by atoms with E-state index in [1.54, 1.807) is 16.2 Å². The molecule has 0 bridgehead atoms. The van der Waals surface area contributed by atoms with Gasteiger partial charge in [-0.15, -0.1) is 11.3 Å². The highest BCUT2D eigenvalue weighted by Crippen LogP contribution is 2.26. The van der Waals surface area contributed by atoms with Crippen molar-refractivity contribution in [2.24, 2.45) is 0 Å². The maximum Gasteiger partial charge on any atom is 0.271 e. The first kappa shape index (κ1) is 19.0. The molecule has 1 atom stereocenters. The SMILES string of the molecule is O=[N+]([O-])c1ccc(Cl)c(NC(=S)NC[C@H](c2cccs2)[NH+]2CCCC2)c1. The van der Waals surface area contributed by atoms with Crippen LogP contribution in [-0.2, 0) is 0 Å². The number of non-ortho nitro benzene ring substituents is 1. The third kappa shape index (κ3) is 4.70. The van der Waals surface area contributed by atoms with Gasteiger partial charge in [-0.3, -0.25) is 10.1 Å². The Bertz CT molecular complexity index is 779. The van der Waals surface area contributed by atoms with Gasteiger partial charge in [0.15, 0.2) is 5.11 Å². The summed E-state index contributed by atoms with van der Waals surface area (Å²) >= 11 is 13.2. The lowest BCUT2D eigenvalue weighted by molar-refractivity contribution is -0.918. The lowest BCUT2D eigenvalue weighted by Crippen LogP contribution is -3.11. The summed E-state index contributed by atoms with van der Waals surface area (Å²) in [6.45, 7) is 3.04. The predicted octanol–water partition coefficient (Wildman–Crippen LogP) is 3.02. The molecule has 0 aliphatic carbocycles. The van der Waals surface area contributed by atoms with Gasteiger partial charge in [0, 0.05) is 25.0 Å². The fourth-order valence-electron chi connectivity index (χ4n) is 3.20. The predicted molar refractivity (Wildman–Crippen MR) is 109 cm³/mol. The number of thiophene rings is 1. The summed E-state index contributed by atoms with van der Waals surface area (Å²) in [6, 6.07) is 8.83. The molecule has 0 spiro atoms. The van der Waals surface area contributed by atoms with E-state index in [-0.39, 0.29) is 5.69 Å². The highest BCUT2D eigenvalue weighted by Gasteiger charge is 2.28. The number of hydrogen-bond acceptors (Lipinski definition) is 4. The number of benzene rings is 1. The second kappa shape index (κ2) is 8.77. The zero-order valence-corrected chi connectivity index (χ0v) is 16.4. The minimum Gasteiger partial charge on any atom is -0.356 e. The van der Waals surface area contributed by atoms with Gasteiger partial charge < -0.3 is 15.5 Å². The first-order valence-electron chi connectivity index (χ1n) is 8.41. The van der Waals surface area contributed by atoms with Crippen molar-refractivity contribution in [3.63, 3.8) is 0 Å². The molecule has 1 aromatic carbocycles. The van der Waals surface area contributed by atoms with Crippen LogP contribution in [0.25, 0.3) is 0 Å². The van der Waals surface area contributed by atoms with Crippen LogP contribution in [0, 0.1) is 10.1 Å². The van der Waals surface area contributed by atoms with Crippen LogP contribution >= 0.6 is 35.2 Å². The number of nitro benzene ring substituents is 1. The van der Waals surface area contributed by atoms with Crippen LogP contribution in [0.1, 0.15) is 23.8 Å². The molecule has 2 aromatic rings. The first-order valence-corrected chi connectivity index (χ1v) is 10.1. The lowest BCUT2D eigenvalue weighted by atomic mass is 10.2. The van der Waals surface area contributed by atoms with Gasteiger partial charge in [-0.2, -0.15) is 0 Å². The average Bonchev–Trinajstić information content (AvgIpc) is 3.31. The van der Waals surface area contributed by atoms with Crippen molar-refractivity contribution in [1.29, 1.82) is 0 Å². The Morgan fingerprint density at radius 2 is 2.15 bits per heavy atom. The Morgan fingerprint density at radius 1 is 1.38 bits per heavy atom. The largest absolute Gasteiger partial charge is 0.356 e. The number of nitrogens with one attached hydrogen (secondary N) is 3. The normalized spacial score (nSPS) is 15.6. The van der Waals surface area contributed by atoms with E-state index in [2.05, 4.69) is 28.1 Å². The van der Waals surface area contributed by atoms with E-state index in [1.807, 2.05) is 0 Å². The molecule has 138 valence electrons. The van der Waals surface area contributed by atoms with E-state index in [0.717, 1.165) is 0 Å². The number of hydrogen-bond donors (Lipinski definition) is 3. The molecule has 3 rings (SSSR count). The van der Waals surface area contributed by atoms with E-state index >= 15 is 0 Å². The molecular weight excluding hydrogens is 392 g/mol. The number of nitro groups is 1. The minimum atomic E-state index is -0.457. The van der Waals surface area contributed by atoms with Gasteiger partial charge in [-0.25, -0.2) is 0 Å². The van der Waals surface area contributed by atoms with E-state index in [9.17, 15) is 10.1 Å². The van der Waals surface area contributed by atoms with E-state index in [4.69, 9.17) is 23.8 Å². The second-order valence-electron chi connectivity index (χ2n) is 6.19. The maximum atomic E-state index is 10.9. The molecule has 1 aliphatic heterocycles. The Hall–Kier alpha value is -1.74. The third-order valence-corrected chi connectivity index (χ3v) is 6.06. The standard InChI is InChI=1S/C17H19ClN4O2S2/c18-13-6-5-12(22(23)24)10-14(13)20-17(25)19-11-15(16-4-3-9-26-16)21-7-1-2-8-21/h3-6,9-10,15H,1-2,7-8,11H2,(H2,19,20,25)/p+1/t15-/m1/s1. The van der Waals surface area contributed by atoms with Crippen LogP contribution in [0.5, 0.6) is 0 Å². The number of halogens is 1. The molecule has 1 fully saturated rings. The molecule has 1 aromatic heterocycles. The minimum absolute atomic E-state index is 0.0299. The fraction of sp³-hybridized carbons (Fsp3) is 0.353. The van der Waals surface area contributed by atoms with Gasteiger partial charge in [0.2, 0.25) is 0 Å². The van der Waals surface area contributed by atoms with E-state index in [0.29, 0.717) is 28.4 Å². The summed E-state index contributed by atoms with van der Waals surface area (Å²) in [4.78, 5) is 13.4. The average molecular weight is 412 g/mol. The molecule has 26 heavy (non-hydrogen) atoms. The number of rotatable bonds is 6. The monoisotopic (exact) mass is 411 g/mol. The molecular formula is C17H20ClN4O2S2+. The van der Waals surface area contributed by atoms with Gasteiger partial charge in [0.1, 0.15) is 6.04 Å². The van der Waals surface area contributed by atoms with Gasteiger partial charge >= 0.3 is 0 Å². The molecule has 2 heterocycles. The van der Waals surface area contributed by atoms with Crippen molar-refractivity contribution in [1.82, 2.24) is 5.32 Å². The lowest BCUT2D eigenvalue weighted by Gasteiger charge is -2.24. The summed E-state index contributed by atoms with van der Waals surface area (Å²) in [7, 11) is 0. The molecule has 1 saturated heterocycles. The van der Waals surface area contributed by atoms with Gasteiger partial charge in [-0.1, -0.05) is 17.7 Å². The van der Waals surface area contributed by atoms with Crippen LogP contribution in [0.3, 0.4) is 0 Å². The van der Waals surface area contributed by atoms with Crippen molar-refractivity contribution >= 4 is 51.6 Å². The summed E-state index contributed by atoms with van der Waals surface area (Å²) < 4.78 is 0. The molecule has 0 radical (unpaired) electrons. The molecule has 6 nitrogen and oxygen atoms in total. The Morgan fingerprint density at radius 3 is 2.81 bits per heavy atom. The summed E-state index contributed by atoms with van der Waals surface area (Å²) in [6.07, 6.45) is 2.51. The van der Waals surface area contributed by atoms with E-state index in [1.165, 1.54) is 49.0 Å². The van der Waals surface area contributed by atoms with Crippen molar-refractivity contribution in [3.05, 3.63) is 55.7 Å². The molecule has 0 saturated carbocycles. The van der Waals surface area contributed by atoms with Crippen molar-refractivity contribution in [3.8, 4) is 0 Å². The zero-order valence-electron chi connectivity index (χ0n) is 14.0. The number of likely N-dealkylation sites (tertiary alicyclic amines) is 1. The van der Waals surface area contributed by atoms with Crippen LogP contribution in [0.2, 0.25) is 5.02 Å². The number of thiocarbonyl (C=S) groups is 1. The smallest absolute Gasteiger partial charge is 0.271 e. The second-order valence-corrected chi connectivity index (χ2v) is 7.98. The number of quaternary nitrogens is 1. The van der Waals surface area contributed by atoms with Crippen LogP contribution in [-0.4, -0.2) is 29.7 Å². The van der Waals surface area contributed by atoms with Crippen molar-refractivity contribution < 1.29 is 9.82 Å². The quantitative estimate of drug-likeness (QED) is 0.387. The highest BCUT2D eigenvalue weighted by molar-refractivity contribution is 7.80. The molecule has 3 N–H and O–H groups in total. The number of anilines is 1. The molecule has 1 aliphatic rings. The van der Waals surface area contributed by atoms with Gasteiger partial charge in [0.05, 0.1) is 40.1 Å². The summed E-state index contributed by atoms with van der Waals surface area (Å²) in [5, 5.41) is 20.0. The van der Waals surface area contributed by atoms with Crippen LogP contribution in [0.15, 0.2) is 35.7 Å². The summed E-state index contributed by atoms with van der Waals surface area (Å²) in [5.74, 6) is 0. The fourth-order valence-corrected chi connectivity index (χ4v) is 4.44. The molecule has 0 amide bonds. The summed E-state index contributed by atoms with van der Waals surface area (Å²) in [5.41, 5.74) is 0.400. The molecule has 9 heteroatoms. The highest BCUT2D eigenvalue weighted by atomic mass is 35.5. The Labute approximate surface area is 166 Å². The first-order chi connectivity index (χ1) is 12.5. The van der Waals surface area contributed by atoms with Gasteiger partial charge in [-0.05, 0) is 29.7 Å². The number of nitrogens with zero attached hydrogens (tertiary/aromatic N) is 1. The maximum absolute atomic E-state index is 10.9. The molecule has 0 unspecified atom stereocenters. The topological polar surface area (TPSA) is 71.6 Å². The Balaban J connectivity index is 1.64. The van der Waals surface area contributed by atoms with Crippen molar-refractivity contribution in [2.75, 3.05) is 25.0 Å². The third-order valence-electron chi connectivity index (χ3n) is 4.50. The van der Waals surface area contributed by atoms with Crippen LogP contribution in [0.4, 0.5) is 11.4 Å². The van der Waals surface area contributed by atoms with Crippen molar-refractivity contribution in [2.45, 2.75) is 18.9 Å². The van der Waals surface area contributed by atoms with Gasteiger partial charge in [0.25, 0.3) is 5.69 Å². The Kier molecular flexibility index (Phi) is 6.42. The van der Waals surface area contributed by atoms with Crippen LogP contribution < -0.4 is 15.5 Å².